The van der Waals surface area contributed by atoms with Crippen molar-refractivity contribution in [3.8, 4) is 0 Å². The van der Waals surface area contributed by atoms with Gasteiger partial charge < -0.3 is 4.57 Å². The van der Waals surface area contributed by atoms with Crippen molar-refractivity contribution in [2.24, 2.45) is 0 Å². The molecule has 0 amide bonds. The second-order valence-electron chi connectivity index (χ2n) is 4.77. The van der Waals surface area contributed by atoms with Crippen LogP contribution >= 0.6 is 11.6 Å². The molecule has 1 aliphatic heterocycles. The summed E-state index contributed by atoms with van der Waals surface area (Å²) in [5.74, 6) is 0.232. The van der Waals surface area contributed by atoms with E-state index in [0.29, 0.717) is 12.0 Å². The summed E-state index contributed by atoms with van der Waals surface area (Å²) in [5, 5.41) is 0. The number of sulfone groups is 1. The summed E-state index contributed by atoms with van der Waals surface area (Å²) in [7, 11) is -2.93. The van der Waals surface area contributed by atoms with Gasteiger partial charge in [-0.1, -0.05) is 0 Å². The summed E-state index contributed by atoms with van der Waals surface area (Å²) in [5.41, 5.74) is 2.34. The second-order valence-corrected chi connectivity index (χ2v) is 7.26. The number of hydrogen-bond donors (Lipinski definition) is 0. The molecule has 0 radical (unpaired) electrons. The number of aryl methyl sites for hydroxylation is 1. The van der Waals surface area contributed by atoms with Gasteiger partial charge in [-0.25, -0.2) is 8.42 Å². The Hall–Kier alpha value is -0.810. The Balaban J connectivity index is 2.41. The van der Waals surface area contributed by atoms with Gasteiger partial charge in [-0.05, 0) is 26.3 Å². The van der Waals surface area contributed by atoms with Crippen LogP contribution in [-0.2, 0) is 9.84 Å². The molecule has 0 aromatic carbocycles. The van der Waals surface area contributed by atoms with Crippen LogP contribution in [0.4, 0.5) is 0 Å². The molecule has 0 spiro atoms. The van der Waals surface area contributed by atoms with Gasteiger partial charge in [0.1, 0.15) is 0 Å². The maximum Gasteiger partial charge on any atom is 0.179 e. The number of rotatable bonds is 3. The van der Waals surface area contributed by atoms with Crippen molar-refractivity contribution < 1.29 is 13.2 Å². The molecule has 4 nitrogen and oxygen atoms in total. The number of nitrogens with zero attached hydrogens (tertiary/aromatic N) is 1. The van der Waals surface area contributed by atoms with E-state index in [-0.39, 0.29) is 29.2 Å². The Labute approximate surface area is 112 Å². The van der Waals surface area contributed by atoms with Crippen LogP contribution in [0.2, 0.25) is 0 Å². The van der Waals surface area contributed by atoms with Crippen molar-refractivity contribution in [3.05, 3.63) is 23.0 Å². The highest BCUT2D eigenvalue weighted by atomic mass is 35.5. The van der Waals surface area contributed by atoms with Gasteiger partial charge in [0.25, 0.3) is 0 Å². The SMILES string of the molecule is Cc1cc(C(=O)CCl)c(C)n1[C@H]1CCS(=O)(=O)C1. The van der Waals surface area contributed by atoms with Crippen molar-refractivity contribution in [1.29, 1.82) is 0 Å². The number of halogens is 1. The normalized spacial score (nSPS) is 22.3. The Bertz CT molecular complexity index is 589. The van der Waals surface area contributed by atoms with E-state index in [2.05, 4.69) is 0 Å². The molecule has 1 aliphatic rings. The molecule has 2 rings (SSSR count). The summed E-state index contributed by atoms with van der Waals surface area (Å²) >= 11 is 5.57. The van der Waals surface area contributed by atoms with E-state index in [0.717, 1.165) is 11.4 Å². The molecular weight excluding hydrogens is 274 g/mol. The maximum atomic E-state index is 11.7. The first-order valence-corrected chi connectivity index (χ1v) is 8.19. The minimum atomic E-state index is -2.93. The highest BCUT2D eigenvalue weighted by molar-refractivity contribution is 7.91. The second kappa shape index (κ2) is 4.70. The first kappa shape index (κ1) is 13.6. The summed E-state index contributed by atoms with van der Waals surface area (Å²) in [6.45, 7) is 3.74. The quantitative estimate of drug-likeness (QED) is 0.631. The van der Waals surface area contributed by atoms with Gasteiger partial charge >= 0.3 is 0 Å². The van der Waals surface area contributed by atoms with Gasteiger partial charge in [0.2, 0.25) is 0 Å². The number of hydrogen-bond acceptors (Lipinski definition) is 3. The summed E-state index contributed by atoms with van der Waals surface area (Å²) in [6.07, 6.45) is 0.618. The molecule has 100 valence electrons. The van der Waals surface area contributed by atoms with Gasteiger partial charge in [0, 0.05) is 23.0 Å². The number of ketones is 1. The van der Waals surface area contributed by atoms with E-state index in [1.165, 1.54) is 0 Å². The van der Waals surface area contributed by atoms with Crippen LogP contribution in [-0.4, -0.2) is 36.2 Å². The zero-order valence-electron chi connectivity index (χ0n) is 10.4. The van der Waals surface area contributed by atoms with E-state index < -0.39 is 9.84 Å². The molecule has 1 atom stereocenters. The zero-order valence-corrected chi connectivity index (χ0v) is 12.0. The molecule has 18 heavy (non-hydrogen) atoms. The summed E-state index contributed by atoms with van der Waals surface area (Å²) < 4.78 is 25.0. The average Bonchev–Trinajstić information content (AvgIpc) is 2.78. The van der Waals surface area contributed by atoms with Crippen LogP contribution in [0.5, 0.6) is 0 Å². The molecule has 0 unspecified atom stereocenters. The standard InChI is InChI=1S/C12H16ClNO3S/c1-8-5-11(12(15)6-13)9(2)14(8)10-3-4-18(16,17)7-10/h5,10H,3-4,6-7H2,1-2H3/t10-/m0/s1. The first-order chi connectivity index (χ1) is 8.35. The van der Waals surface area contributed by atoms with Crippen molar-refractivity contribution in [3.63, 3.8) is 0 Å². The fraction of sp³-hybridized carbons (Fsp3) is 0.583. The largest absolute Gasteiger partial charge is 0.344 e. The highest BCUT2D eigenvalue weighted by Gasteiger charge is 2.31. The third-order valence-corrected chi connectivity index (χ3v) is 5.47. The summed E-state index contributed by atoms with van der Waals surface area (Å²) in [6, 6.07) is 1.75. The summed E-state index contributed by atoms with van der Waals surface area (Å²) in [4.78, 5) is 11.7. The minimum Gasteiger partial charge on any atom is -0.344 e. The van der Waals surface area contributed by atoms with Crippen LogP contribution in [0.15, 0.2) is 6.07 Å². The molecule has 1 aromatic rings. The molecule has 1 saturated heterocycles. The molecular formula is C12H16ClNO3S. The van der Waals surface area contributed by atoms with Gasteiger partial charge in [-0.2, -0.15) is 0 Å². The Morgan fingerprint density at radius 3 is 2.67 bits per heavy atom. The Kier molecular flexibility index (Phi) is 3.56. The van der Waals surface area contributed by atoms with E-state index >= 15 is 0 Å². The van der Waals surface area contributed by atoms with Gasteiger partial charge in [-0.3, -0.25) is 4.79 Å². The topological polar surface area (TPSA) is 56.1 Å². The molecule has 2 heterocycles. The van der Waals surface area contributed by atoms with Crippen LogP contribution in [0.1, 0.15) is 34.2 Å². The lowest BCUT2D eigenvalue weighted by atomic mass is 10.2. The van der Waals surface area contributed by atoms with Gasteiger partial charge in [0.05, 0.1) is 17.4 Å². The maximum absolute atomic E-state index is 11.7. The van der Waals surface area contributed by atoms with Crippen molar-refractivity contribution in [2.45, 2.75) is 26.3 Å². The lowest BCUT2D eigenvalue weighted by Crippen LogP contribution is -2.14. The van der Waals surface area contributed by atoms with Crippen LogP contribution in [0.25, 0.3) is 0 Å². The van der Waals surface area contributed by atoms with Crippen molar-refractivity contribution in [2.75, 3.05) is 17.4 Å². The number of alkyl halides is 1. The fourth-order valence-electron chi connectivity index (χ4n) is 2.67. The number of carbonyl (C=O) groups is 1. The molecule has 0 N–H and O–H groups in total. The molecule has 6 heteroatoms. The molecule has 0 saturated carbocycles. The lowest BCUT2D eigenvalue weighted by Gasteiger charge is -2.16. The van der Waals surface area contributed by atoms with Crippen molar-refractivity contribution in [1.82, 2.24) is 4.57 Å². The van der Waals surface area contributed by atoms with E-state index in [9.17, 15) is 13.2 Å². The van der Waals surface area contributed by atoms with Gasteiger partial charge in [-0.15, -0.1) is 11.6 Å². The van der Waals surface area contributed by atoms with Crippen molar-refractivity contribution >= 4 is 27.2 Å². The third kappa shape index (κ3) is 2.34. The number of aromatic nitrogens is 1. The predicted molar refractivity (Wildman–Crippen MR) is 71.3 cm³/mol. The van der Waals surface area contributed by atoms with Crippen LogP contribution in [0, 0.1) is 13.8 Å². The fourth-order valence-corrected chi connectivity index (χ4v) is 4.52. The molecule has 1 fully saturated rings. The lowest BCUT2D eigenvalue weighted by molar-refractivity contribution is 0.102. The third-order valence-electron chi connectivity index (χ3n) is 3.48. The van der Waals surface area contributed by atoms with E-state index in [1.807, 2.05) is 18.4 Å². The van der Waals surface area contributed by atoms with E-state index in [4.69, 9.17) is 11.6 Å². The minimum absolute atomic E-state index is 0.0484. The predicted octanol–water partition coefficient (Wildman–Crippen LogP) is 1.89. The average molecular weight is 290 g/mol. The Morgan fingerprint density at radius 1 is 1.50 bits per heavy atom. The molecule has 0 bridgehead atoms. The van der Waals surface area contributed by atoms with Crippen LogP contribution < -0.4 is 0 Å². The van der Waals surface area contributed by atoms with Crippen LogP contribution in [0.3, 0.4) is 0 Å². The first-order valence-electron chi connectivity index (χ1n) is 5.83. The molecule has 1 aromatic heterocycles. The highest BCUT2D eigenvalue weighted by Crippen LogP contribution is 2.29. The van der Waals surface area contributed by atoms with Gasteiger partial charge in [0.15, 0.2) is 15.6 Å². The smallest absolute Gasteiger partial charge is 0.179 e. The molecule has 0 aliphatic carbocycles. The number of Topliss-reactive ketones (excluding diaryl/α,β-unsaturated/α-hetero) is 1. The monoisotopic (exact) mass is 289 g/mol. The van der Waals surface area contributed by atoms with E-state index in [1.54, 1.807) is 6.07 Å². The Morgan fingerprint density at radius 2 is 2.17 bits per heavy atom. The zero-order chi connectivity index (χ0) is 13.5. The number of carbonyl (C=O) groups excluding carboxylic acids is 1.